The van der Waals surface area contributed by atoms with Crippen LogP contribution in [-0.4, -0.2) is 66.6 Å². The van der Waals surface area contributed by atoms with Crippen LogP contribution in [0, 0.1) is 0 Å². The van der Waals surface area contributed by atoms with Gasteiger partial charge in [-0.25, -0.2) is 0 Å². The van der Waals surface area contributed by atoms with Crippen molar-refractivity contribution in [1.29, 1.82) is 0 Å². The lowest BCUT2D eigenvalue weighted by Gasteiger charge is -2.27. The van der Waals surface area contributed by atoms with Gasteiger partial charge in [-0.05, 0) is 31.9 Å². The Kier molecular flexibility index (Phi) is 5.91. The number of likely N-dealkylation sites (tertiary alicyclic amines) is 2. The number of nitrogens with zero attached hydrogens (tertiary/aromatic N) is 2. The Labute approximate surface area is 148 Å². The molecule has 0 radical (unpaired) electrons. The topological polar surface area (TPSA) is 59.1 Å². The predicted molar refractivity (Wildman–Crippen MR) is 93.3 cm³/mol. The lowest BCUT2D eigenvalue weighted by molar-refractivity contribution is -0.145. The summed E-state index contributed by atoms with van der Waals surface area (Å²) in [6.45, 7) is 4.34. The van der Waals surface area contributed by atoms with Crippen molar-refractivity contribution in [1.82, 2.24) is 9.80 Å². The van der Waals surface area contributed by atoms with Gasteiger partial charge < -0.3 is 19.3 Å². The Bertz CT molecular complexity index is 586. The summed E-state index contributed by atoms with van der Waals surface area (Å²) in [5.74, 6) is 0.666. The first-order valence-electron chi connectivity index (χ1n) is 9.06. The summed E-state index contributed by atoms with van der Waals surface area (Å²) in [5.41, 5.74) is 0. The van der Waals surface area contributed by atoms with E-state index < -0.39 is 6.04 Å². The molecule has 2 atom stereocenters. The maximum Gasteiger partial charge on any atom is 0.249 e. The second-order valence-electron chi connectivity index (χ2n) is 6.52. The Morgan fingerprint density at radius 1 is 1.16 bits per heavy atom. The number of benzene rings is 1. The quantitative estimate of drug-likeness (QED) is 0.787. The molecule has 0 unspecified atom stereocenters. The third-order valence-electron chi connectivity index (χ3n) is 4.76. The van der Waals surface area contributed by atoms with E-state index in [4.69, 9.17) is 9.47 Å². The predicted octanol–water partition coefficient (Wildman–Crippen LogP) is 1.69. The van der Waals surface area contributed by atoms with Crippen LogP contribution < -0.4 is 4.74 Å². The molecule has 0 bridgehead atoms. The summed E-state index contributed by atoms with van der Waals surface area (Å²) < 4.78 is 11.3. The highest BCUT2D eigenvalue weighted by Crippen LogP contribution is 2.26. The molecule has 0 N–H and O–H groups in total. The average molecular weight is 346 g/mol. The molecule has 2 saturated heterocycles. The smallest absolute Gasteiger partial charge is 0.249 e. The first-order chi connectivity index (χ1) is 12.2. The maximum absolute atomic E-state index is 12.9. The van der Waals surface area contributed by atoms with Crippen molar-refractivity contribution in [2.75, 3.05) is 32.8 Å². The number of amides is 2. The van der Waals surface area contributed by atoms with E-state index in [0.717, 1.165) is 31.7 Å². The molecule has 1 aromatic carbocycles. The molecule has 2 amide bonds. The van der Waals surface area contributed by atoms with Crippen molar-refractivity contribution in [3.8, 4) is 5.75 Å². The summed E-state index contributed by atoms with van der Waals surface area (Å²) in [6, 6.07) is 9.09. The number of para-hydroxylation sites is 1. The van der Waals surface area contributed by atoms with Crippen molar-refractivity contribution in [2.24, 2.45) is 0 Å². The molecule has 0 spiro atoms. The fraction of sp³-hybridized carbons (Fsp3) is 0.579. The molecule has 6 heteroatoms. The number of hydrogen-bond donors (Lipinski definition) is 0. The molecule has 3 rings (SSSR count). The molecule has 2 heterocycles. The average Bonchev–Trinajstić information content (AvgIpc) is 3.30. The molecular weight excluding hydrogens is 320 g/mol. The van der Waals surface area contributed by atoms with Gasteiger partial charge in [0.05, 0.1) is 6.54 Å². The van der Waals surface area contributed by atoms with Crippen molar-refractivity contribution in [3.63, 3.8) is 0 Å². The van der Waals surface area contributed by atoms with Crippen molar-refractivity contribution in [2.45, 2.75) is 38.3 Å². The Morgan fingerprint density at radius 3 is 2.56 bits per heavy atom. The molecule has 2 aliphatic heterocycles. The van der Waals surface area contributed by atoms with Gasteiger partial charge in [-0.3, -0.25) is 9.59 Å². The minimum absolute atomic E-state index is 0.0122. The van der Waals surface area contributed by atoms with E-state index in [2.05, 4.69) is 0 Å². The number of rotatable bonds is 6. The van der Waals surface area contributed by atoms with E-state index >= 15 is 0 Å². The second kappa shape index (κ2) is 8.34. The van der Waals surface area contributed by atoms with Crippen molar-refractivity contribution in [3.05, 3.63) is 30.3 Å². The zero-order valence-electron chi connectivity index (χ0n) is 14.7. The third-order valence-corrected chi connectivity index (χ3v) is 4.76. The highest BCUT2D eigenvalue weighted by molar-refractivity contribution is 5.89. The zero-order chi connectivity index (χ0) is 17.6. The molecule has 136 valence electrons. The van der Waals surface area contributed by atoms with Gasteiger partial charge in [0.15, 0.2) is 0 Å². The molecule has 2 fully saturated rings. The molecular formula is C19H26N2O4. The van der Waals surface area contributed by atoms with Crippen LogP contribution in [0.4, 0.5) is 0 Å². The fourth-order valence-corrected chi connectivity index (χ4v) is 3.50. The standard InChI is InChI=1S/C19H26N2O4/c1-2-24-14-18(22)21-13-16(25-15-8-4-3-5-9-15)12-17(21)19(23)20-10-6-7-11-20/h3-5,8-9,16-17H,2,6-7,10-14H2,1H3/t16-,17-/m0/s1. The lowest BCUT2D eigenvalue weighted by Crippen LogP contribution is -2.48. The SMILES string of the molecule is CCOCC(=O)N1C[C@@H](Oc2ccccc2)C[C@H]1C(=O)N1CCCC1. The van der Waals surface area contributed by atoms with Gasteiger partial charge in [0.25, 0.3) is 0 Å². The Balaban J connectivity index is 1.70. The Hall–Kier alpha value is -2.08. The summed E-state index contributed by atoms with van der Waals surface area (Å²) in [5, 5.41) is 0. The molecule has 2 aliphatic rings. The van der Waals surface area contributed by atoms with Gasteiger partial charge in [-0.15, -0.1) is 0 Å². The molecule has 0 saturated carbocycles. The van der Waals surface area contributed by atoms with Crippen LogP contribution in [0.3, 0.4) is 0 Å². The van der Waals surface area contributed by atoms with Gasteiger partial charge >= 0.3 is 0 Å². The maximum atomic E-state index is 12.9. The normalized spacial score (nSPS) is 23.1. The van der Waals surface area contributed by atoms with Gasteiger partial charge in [0, 0.05) is 26.1 Å². The fourth-order valence-electron chi connectivity index (χ4n) is 3.50. The van der Waals surface area contributed by atoms with E-state index in [1.54, 1.807) is 4.90 Å². The Morgan fingerprint density at radius 2 is 1.88 bits per heavy atom. The van der Waals surface area contributed by atoms with E-state index in [1.807, 2.05) is 42.2 Å². The highest BCUT2D eigenvalue weighted by Gasteiger charge is 2.42. The first-order valence-corrected chi connectivity index (χ1v) is 9.06. The lowest BCUT2D eigenvalue weighted by atomic mass is 10.1. The van der Waals surface area contributed by atoms with Crippen LogP contribution in [-0.2, 0) is 14.3 Å². The number of ether oxygens (including phenoxy) is 2. The molecule has 25 heavy (non-hydrogen) atoms. The van der Waals surface area contributed by atoms with Gasteiger partial charge in [-0.2, -0.15) is 0 Å². The van der Waals surface area contributed by atoms with E-state index in [0.29, 0.717) is 19.6 Å². The van der Waals surface area contributed by atoms with Crippen molar-refractivity contribution >= 4 is 11.8 Å². The van der Waals surface area contributed by atoms with Crippen LogP contribution in [0.15, 0.2) is 30.3 Å². The minimum atomic E-state index is -0.445. The summed E-state index contributed by atoms with van der Waals surface area (Å²) >= 11 is 0. The van der Waals surface area contributed by atoms with E-state index in [-0.39, 0.29) is 24.5 Å². The number of hydrogen-bond acceptors (Lipinski definition) is 4. The summed E-state index contributed by atoms with van der Waals surface area (Å²) in [4.78, 5) is 28.9. The van der Waals surface area contributed by atoms with Gasteiger partial charge in [0.1, 0.15) is 24.5 Å². The van der Waals surface area contributed by atoms with Crippen LogP contribution in [0.25, 0.3) is 0 Å². The van der Waals surface area contributed by atoms with Crippen LogP contribution in [0.1, 0.15) is 26.2 Å². The van der Waals surface area contributed by atoms with Crippen LogP contribution >= 0.6 is 0 Å². The van der Waals surface area contributed by atoms with E-state index in [9.17, 15) is 9.59 Å². The molecule has 6 nitrogen and oxygen atoms in total. The molecule has 0 aromatic heterocycles. The molecule has 1 aromatic rings. The summed E-state index contributed by atoms with van der Waals surface area (Å²) in [7, 11) is 0. The van der Waals surface area contributed by atoms with Crippen LogP contribution in [0.2, 0.25) is 0 Å². The summed E-state index contributed by atoms with van der Waals surface area (Å²) in [6.07, 6.45) is 2.43. The van der Waals surface area contributed by atoms with Gasteiger partial charge in [0.2, 0.25) is 11.8 Å². The highest BCUT2D eigenvalue weighted by atomic mass is 16.5. The number of carbonyl (C=O) groups is 2. The van der Waals surface area contributed by atoms with Crippen molar-refractivity contribution < 1.29 is 19.1 Å². The third kappa shape index (κ3) is 4.31. The monoisotopic (exact) mass is 346 g/mol. The second-order valence-corrected chi connectivity index (χ2v) is 6.52. The first kappa shape index (κ1) is 17.7. The number of carbonyl (C=O) groups excluding carboxylic acids is 2. The zero-order valence-corrected chi connectivity index (χ0v) is 14.7. The molecule has 0 aliphatic carbocycles. The largest absolute Gasteiger partial charge is 0.488 e. The van der Waals surface area contributed by atoms with Gasteiger partial charge in [-0.1, -0.05) is 18.2 Å². The van der Waals surface area contributed by atoms with Crippen LogP contribution in [0.5, 0.6) is 5.75 Å². The minimum Gasteiger partial charge on any atom is -0.488 e. The van der Waals surface area contributed by atoms with E-state index in [1.165, 1.54) is 0 Å².